The predicted octanol–water partition coefficient (Wildman–Crippen LogP) is 2.16. The molecule has 4 rings (SSSR count). The molecule has 2 heterocycles. The second kappa shape index (κ2) is 7.22. The van der Waals surface area contributed by atoms with Gasteiger partial charge in [-0.2, -0.15) is 0 Å². The molecular weight excluding hydrogens is 390 g/mol. The molecule has 1 atom stereocenters. The molecule has 29 heavy (non-hydrogen) atoms. The number of pyridine rings is 1. The van der Waals surface area contributed by atoms with Gasteiger partial charge < -0.3 is 4.90 Å². The maximum absolute atomic E-state index is 13.2. The maximum Gasteiger partial charge on any atom is 0.276 e. The molecular formula is C20H23N5O3S. The Morgan fingerprint density at radius 3 is 2.76 bits per heavy atom. The van der Waals surface area contributed by atoms with Crippen LogP contribution >= 0.6 is 0 Å². The second-order valence-corrected chi connectivity index (χ2v) is 9.89. The van der Waals surface area contributed by atoms with Crippen LogP contribution in [0.25, 0.3) is 16.6 Å². The SMILES string of the molecule is Cc1c(C(=O)N(C(C)CS(C)(=O)=O)C2CC2)nnn1-c1ccc2ncccc2c1. The molecule has 1 amide bonds. The van der Waals surface area contributed by atoms with Crippen molar-refractivity contribution in [2.45, 2.75) is 38.8 Å². The van der Waals surface area contributed by atoms with Crippen LogP contribution in [-0.2, 0) is 9.84 Å². The zero-order valence-electron chi connectivity index (χ0n) is 16.6. The number of benzene rings is 1. The van der Waals surface area contributed by atoms with Crippen molar-refractivity contribution < 1.29 is 13.2 Å². The number of hydrogen-bond donors (Lipinski definition) is 0. The standard InChI is InChI=1S/C20H23N5O3S/c1-13(12-29(3,27)28)24(16-6-7-16)20(26)19-14(2)25(23-22-19)17-8-9-18-15(11-17)5-4-10-21-18/h4-5,8-11,13,16H,6-7,12H2,1-3H3. The van der Waals surface area contributed by atoms with E-state index in [1.165, 1.54) is 6.26 Å². The summed E-state index contributed by atoms with van der Waals surface area (Å²) in [5.41, 5.74) is 2.54. The van der Waals surface area contributed by atoms with Crippen molar-refractivity contribution in [2.24, 2.45) is 0 Å². The minimum absolute atomic E-state index is 0.0653. The summed E-state index contributed by atoms with van der Waals surface area (Å²) in [4.78, 5) is 19.2. The van der Waals surface area contributed by atoms with Gasteiger partial charge in [0.25, 0.3) is 5.91 Å². The minimum atomic E-state index is -3.20. The number of nitrogens with zero attached hydrogens (tertiary/aromatic N) is 5. The highest BCUT2D eigenvalue weighted by molar-refractivity contribution is 7.90. The maximum atomic E-state index is 13.2. The van der Waals surface area contributed by atoms with E-state index in [2.05, 4.69) is 15.3 Å². The Bertz CT molecular complexity index is 1180. The van der Waals surface area contributed by atoms with Gasteiger partial charge in [0.15, 0.2) is 5.69 Å². The molecule has 3 aromatic rings. The number of sulfone groups is 1. The average Bonchev–Trinajstić information content (AvgIpc) is 3.40. The molecule has 1 aliphatic rings. The van der Waals surface area contributed by atoms with Crippen molar-refractivity contribution in [3.63, 3.8) is 0 Å². The third-order valence-corrected chi connectivity index (χ3v) is 6.21. The molecule has 0 saturated heterocycles. The Morgan fingerprint density at radius 2 is 2.07 bits per heavy atom. The number of hydrogen-bond acceptors (Lipinski definition) is 6. The Labute approximate surface area is 169 Å². The molecule has 2 aromatic heterocycles. The molecule has 8 nitrogen and oxygen atoms in total. The van der Waals surface area contributed by atoms with Crippen LogP contribution in [0.2, 0.25) is 0 Å². The zero-order chi connectivity index (χ0) is 20.8. The fraction of sp³-hybridized carbons (Fsp3) is 0.400. The normalized spacial score (nSPS) is 15.4. The number of carbonyl (C=O) groups is 1. The van der Waals surface area contributed by atoms with Gasteiger partial charge in [-0.05, 0) is 51.0 Å². The lowest BCUT2D eigenvalue weighted by atomic mass is 10.2. The molecule has 152 valence electrons. The van der Waals surface area contributed by atoms with Crippen molar-refractivity contribution in [2.75, 3.05) is 12.0 Å². The zero-order valence-corrected chi connectivity index (χ0v) is 17.4. The number of fused-ring (bicyclic) bond motifs is 1. The summed E-state index contributed by atoms with van der Waals surface area (Å²) >= 11 is 0. The van der Waals surface area contributed by atoms with Crippen LogP contribution in [0.15, 0.2) is 36.5 Å². The molecule has 1 aromatic carbocycles. The molecule has 0 bridgehead atoms. The van der Waals surface area contributed by atoms with Gasteiger partial charge in [-0.3, -0.25) is 9.78 Å². The highest BCUT2D eigenvalue weighted by Crippen LogP contribution is 2.31. The lowest BCUT2D eigenvalue weighted by Gasteiger charge is -2.28. The van der Waals surface area contributed by atoms with Crippen LogP contribution in [-0.4, -0.2) is 63.3 Å². The highest BCUT2D eigenvalue weighted by atomic mass is 32.2. The van der Waals surface area contributed by atoms with Gasteiger partial charge in [0, 0.05) is 29.9 Å². The summed E-state index contributed by atoms with van der Waals surface area (Å²) in [6, 6.07) is 9.21. The summed E-state index contributed by atoms with van der Waals surface area (Å²) in [7, 11) is -3.20. The predicted molar refractivity (Wildman–Crippen MR) is 110 cm³/mol. The molecule has 1 saturated carbocycles. The molecule has 0 aliphatic heterocycles. The first-order valence-electron chi connectivity index (χ1n) is 9.52. The van der Waals surface area contributed by atoms with Gasteiger partial charge in [0.1, 0.15) is 9.84 Å². The Morgan fingerprint density at radius 1 is 1.31 bits per heavy atom. The Balaban J connectivity index is 1.66. The van der Waals surface area contributed by atoms with E-state index in [1.807, 2.05) is 30.3 Å². The summed E-state index contributed by atoms with van der Waals surface area (Å²) in [5, 5.41) is 9.30. The van der Waals surface area contributed by atoms with Crippen molar-refractivity contribution in [3.8, 4) is 5.69 Å². The summed E-state index contributed by atoms with van der Waals surface area (Å²) in [6.45, 7) is 3.57. The molecule has 0 radical (unpaired) electrons. The number of aromatic nitrogens is 4. The Hall–Kier alpha value is -2.81. The van der Waals surface area contributed by atoms with Gasteiger partial charge >= 0.3 is 0 Å². The van der Waals surface area contributed by atoms with E-state index in [9.17, 15) is 13.2 Å². The summed E-state index contributed by atoms with van der Waals surface area (Å²) in [6.07, 6.45) is 4.69. The molecule has 0 N–H and O–H groups in total. The molecule has 1 aliphatic carbocycles. The van der Waals surface area contributed by atoms with Crippen LogP contribution in [0.1, 0.15) is 35.9 Å². The fourth-order valence-corrected chi connectivity index (χ4v) is 4.72. The Kier molecular flexibility index (Phi) is 4.85. The van der Waals surface area contributed by atoms with E-state index in [0.717, 1.165) is 29.4 Å². The van der Waals surface area contributed by atoms with Gasteiger partial charge in [0.2, 0.25) is 0 Å². The van der Waals surface area contributed by atoms with Crippen LogP contribution in [0.5, 0.6) is 0 Å². The largest absolute Gasteiger partial charge is 0.330 e. The van der Waals surface area contributed by atoms with Crippen LogP contribution in [0.3, 0.4) is 0 Å². The van der Waals surface area contributed by atoms with Crippen molar-refractivity contribution in [3.05, 3.63) is 47.9 Å². The first-order chi connectivity index (χ1) is 13.7. The molecule has 0 spiro atoms. The minimum Gasteiger partial charge on any atom is -0.330 e. The monoisotopic (exact) mass is 413 g/mol. The van der Waals surface area contributed by atoms with Gasteiger partial charge in [0.05, 0.1) is 22.7 Å². The van der Waals surface area contributed by atoms with Gasteiger partial charge in [-0.25, -0.2) is 13.1 Å². The average molecular weight is 414 g/mol. The molecule has 1 unspecified atom stereocenters. The van der Waals surface area contributed by atoms with Gasteiger partial charge in [-0.1, -0.05) is 11.3 Å². The molecule has 9 heteroatoms. The number of amides is 1. The van der Waals surface area contributed by atoms with Crippen molar-refractivity contribution in [1.82, 2.24) is 24.9 Å². The smallest absolute Gasteiger partial charge is 0.276 e. The number of rotatable bonds is 6. The highest BCUT2D eigenvalue weighted by Gasteiger charge is 2.39. The van der Waals surface area contributed by atoms with Crippen LogP contribution in [0, 0.1) is 6.92 Å². The van der Waals surface area contributed by atoms with E-state index in [-0.39, 0.29) is 23.4 Å². The summed E-state index contributed by atoms with van der Waals surface area (Å²) in [5.74, 6) is -0.338. The first-order valence-corrected chi connectivity index (χ1v) is 11.6. The number of carbonyl (C=O) groups excluding carboxylic acids is 1. The third-order valence-electron chi connectivity index (χ3n) is 5.12. The van der Waals surface area contributed by atoms with E-state index < -0.39 is 15.9 Å². The van der Waals surface area contributed by atoms with E-state index in [0.29, 0.717) is 5.69 Å². The topological polar surface area (TPSA) is 98.0 Å². The summed E-state index contributed by atoms with van der Waals surface area (Å²) < 4.78 is 25.1. The van der Waals surface area contributed by atoms with E-state index in [4.69, 9.17) is 0 Å². The van der Waals surface area contributed by atoms with Crippen LogP contribution in [0.4, 0.5) is 0 Å². The molecule has 1 fully saturated rings. The van der Waals surface area contributed by atoms with Crippen LogP contribution < -0.4 is 0 Å². The van der Waals surface area contributed by atoms with E-state index >= 15 is 0 Å². The first kappa shape index (κ1) is 19.5. The van der Waals surface area contributed by atoms with Crippen molar-refractivity contribution >= 4 is 26.6 Å². The second-order valence-electron chi connectivity index (χ2n) is 7.70. The van der Waals surface area contributed by atoms with Gasteiger partial charge in [-0.15, -0.1) is 5.10 Å². The lowest BCUT2D eigenvalue weighted by Crippen LogP contribution is -2.44. The quantitative estimate of drug-likeness (QED) is 0.614. The lowest BCUT2D eigenvalue weighted by molar-refractivity contribution is 0.0686. The third kappa shape index (κ3) is 4.00. The van der Waals surface area contributed by atoms with E-state index in [1.54, 1.807) is 29.6 Å². The fourth-order valence-electron chi connectivity index (χ4n) is 3.69. The van der Waals surface area contributed by atoms with Crippen molar-refractivity contribution in [1.29, 1.82) is 0 Å².